The van der Waals surface area contributed by atoms with Crippen LogP contribution >= 0.6 is 0 Å². The molecule has 0 aliphatic carbocycles. The number of aliphatic hydroxyl groups excluding tert-OH is 1. The van der Waals surface area contributed by atoms with Gasteiger partial charge in [-0.1, -0.05) is 12.1 Å². The molecular weight excluding hydrogens is 513 g/mol. The van der Waals surface area contributed by atoms with Crippen LogP contribution in [0.5, 0.6) is 0 Å². The Labute approximate surface area is 205 Å². The number of aromatic nitrogens is 3. The van der Waals surface area contributed by atoms with Gasteiger partial charge in [-0.15, -0.1) is 0 Å². The molecule has 2 heterocycles. The highest BCUT2D eigenvalue weighted by Crippen LogP contribution is 2.42. The van der Waals surface area contributed by atoms with Crippen LogP contribution in [-0.4, -0.2) is 46.3 Å². The Morgan fingerprint density at radius 3 is 2.24 bits per heavy atom. The first-order chi connectivity index (χ1) is 17.3. The zero-order chi connectivity index (χ0) is 27.0. The second-order valence-electron chi connectivity index (χ2n) is 8.46. The molecule has 0 unspecified atom stereocenters. The lowest BCUT2D eigenvalue weighted by Gasteiger charge is -2.49. The molecule has 1 fully saturated rings. The van der Waals surface area contributed by atoms with Gasteiger partial charge in [-0.05, 0) is 48.4 Å². The Morgan fingerprint density at radius 2 is 1.73 bits per heavy atom. The molecule has 0 spiro atoms. The Kier molecular flexibility index (Phi) is 7.18. The van der Waals surface area contributed by atoms with Crippen molar-refractivity contribution < 1.29 is 45.3 Å². The number of H-pyrrole nitrogens is 1. The summed E-state index contributed by atoms with van der Waals surface area (Å²) in [7, 11) is 0. The number of benzene rings is 2. The van der Waals surface area contributed by atoms with E-state index in [0.717, 1.165) is 0 Å². The number of anilines is 1. The summed E-state index contributed by atoms with van der Waals surface area (Å²) in [4.78, 5) is 5.79. The molecule has 7 nitrogen and oxygen atoms in total. The average Bonchev–Trinajstić information content (AvgIpc) is 3.37. The van der Waals surface area contributed by atoms with Gasteiger partial charge in [-0.25, -0.2) is 9.49 Å². The lowest BCUT2D eigenvalue weighted by atomic mass is 9.87. The van der Waals surface area contributed by atoms with Crippen molar-refractivity contribution in [2.24, 2.45) is 0 Å². The van der Waals surface area contributed by atoms with E-state index in [9.17, 15) is 35.8 Å². The number of alkyl halides is 6. The van der Waals surface area contributed by atoms with Crippen molar-refractivity contribution in [3.63, 3.8) is 0 Å². The maximum Gasteiger partial charge on any atom is 0.416 e. The Hall–Kier alpha value is -3.23. The van der Waals surface area contributed by atoms with Crippen LogP contribution in [0.1, 0.15) is 35.3 Å². The molecule has 1 aliphatic heterocycles. The summed E-state index contributed by atoms with van der Waals surface area (Å²) in [6, 6.07) is 6.19. The molecular formula is C23H21F7N4O3. The summed E-state index contributed by atoms with van der Waals surface area (Å²) in [5.41, 5.74) is -4.53. The number of rotatable bonds is 6. The summed E-state index contributed by atoms with van der Waals surface area (Å²) in [5, 5.41) is 16.5. The summed E-state index contributed by atoms with van der Waals surface area (Å²) in [6.07, 6.45) is -11.9. The van der Waals surface area contributed by atoms with Crippen molar-refractivity contribution in [2.45, 2.75) is 37.2 Å². The van der Waals surface area contributed by atoms with E-state index in [4.69, 9.17) is 9.47 Å². The fraction of sp³-hybridized carbons (Fsp3) is 0.391. The third-order valence-corrected chi connectivity index (χ3v) is 6.13. The number of aromatic amines is 1. The van der Waals surface area contributed by atoms with Crippen LogP contribution in [0, 0.1) is 5.82 Å². The smallest absolute Gasteiger partial charge is 0.393 e. The maximum atomic E-state index is 13.7. The zero-order valence-corrected chi connectivity index (χ0v) is 19.1. The summed E-state index contributed by atoms with van der Waals surface area (Å²) in [5.74, 6) is -0.271. The second kappa shape index (κ2) is 9.91. The predicted molar refractivity (Wildman–Crippen MR) is 115 cm³/mol. The van der Waals surface area contributed by atoms with Crippen molar-refractivity contribution in [3.05, 3.63) is 76.9 Å². The van der Waals surface area contributed by atoms with E-state index in [-0.39, 0.29) is 25.2 Å². The van der Waals surface area contributed by atoms with Crippen molar-refractivity contribution in [1.82, 2.24) is 15.2 Å². The quantitative estimate of drug-likeness (QED) is 0.442. The minimum absolute atomic E-state index is 0.0106. The van der Waals surface area contributed by atoms with E-state index in [1.807, 2.05) is 0 Å². The van der Waals surface area contributed by atoms with Crippen LogP contribution in [0.25, 0.3) is 0 Å². The van der Waals surface area contributed by atoms with Gasteiger partial charge in [0.15, 0.2) is 6.29 Å². The standard InChI is InChI=1S/C23H21F7N4O3/c1-21(14-2-4-17(24)5-3-14)19(36-7-6-34(21)20-31-12-32-33-20)37-18(11-35)13-8-15(22(25,26)27)10-16(9-13)23(28,29)30/h2-5,8-10,12,18-19,35H,6-7,11H2,1H3,(H,31,32,33)/t18-,19-,21+/m1/s1. The van der Waals surface area contributed by atoms with Crippen molar-refractivity contribution in [3.8, 4) is 0 Å². The first kappa shape index (κ1) is 26.8. The SMILES string of the molecule is C[C@]1(c2ccc(F)cc2)[C@@H](O[C@H](CO)c2cc(C(F)(F)F)cc(C(F)(F)F)c2)OCCN1c1ncn[nH]1. The van der Waals surface area contributed by atoms with Gasteiger partial charge in [0.05, 0.1) is 24.3 Å². The third-order valence-electron chi connectivity index (χ3n) is 6.13. The van der Waals surface area contributed by atoms with E-state index >= 15 is 0 Å². The van der Waals surface area contributed by atoms with E-state index < -0.39 is 59.4 Å². The highest BCUT2D eigenvalue weighted by Gasteiger charge is 2.48. The van der Waals surface area contributed by atoms with E-state index in [1.54, 1.807) is 11.8 Å². The van der Waals surface area contributed by atoms with Gasteiger partial charge in [-0.2, -0.15) is 36.4 Å². The maximum absolute atomic E-state index is 13.7. The highest BCUT2D eigenvalue weighted by atomic mass is 19.4. The number of nitrogens with zero attached hydrogens (tertiary/aromatic N) is 3. The molecule has 3 aromatic rings. The molecule has 1 aromatic heterocycles. The average molecular weight is 534 g/mol. The fourth-order valence-corrected chi connectivity index (χ4v) is 4.22. The van der Waals surface area contributed by atoms with Crippen LogP contribution in [0.3, 0.4) is 0 Å². The summed E-state index contributed by atoms with van der Waals surface area (Å²) >= 11 is 0. The fourth-order valence-electron chi connectivity index (χ4n) is 4.22. The molecule has 14 heteroatoms. The first-order valence-electron chi connectivity index (χ1n) is 10.9. The summed E-state index contributed by atoms with van der Waals surface area (Å²) in [6.45, 7) is 0.916. The van der Waals surface area contributed by atoms with Crippen LogP contribution in [0.4, 0.5) is 36.7 Å². The molecule has 3 atom stereocenters. The van der Waals surface area contributed by atoms with Gasteiger partial charge in [0.25, 0.3) is 0 Å². The molecule has 1 aliphatic rings. The lowest BCUT2D eigenvalue weighted by molar-refractivity contribution is -0.225. The number of aliphatic hydroxyl groups is 1. The normalized spacial score (nSPS) is 21.8. The van der Waals surface area contributed by atoms with Gasteiger partial charge in [0.2, 0.25) is 5.95 Å². The van der Waals surface area contributed by atoms with Crippen LogP contribution in [-0.2, 0) is 27.4 Å². The van der Waals surface area contributed by atoms with E-state index in [1.165, 1.54) is 30.6 Å². The Bertz CT molecular complexity index is 1170. The molecule has 0 bridgehead atoms. The lowest BCUT2D eigenvalue weighted by Crippen LogP contribution is -2.60. The number of nitrogens with one attached hydrogen (secondary N) is 1. The molecule has 200 valence electrons. The number of hydrogen-bond donors (Lipinski definition) is 2. The molecule has 2 aromatic carbocycles. The van der Waals surface area contributed by atoms with Crippen molar-refractivity contribution in [2.75, 3.05) is 24.7 Å². The topological polar surface area (TPSA) is 83.5 Å². The van der Waals surface area contributed by atoms with Crippen molar-refractivity contribution in [1.29, 1.82) is 0 Å². The highest BCUT2D eigenvalue weighted by molar-refractivity contribution is 5.42. The van der Waals surface area contributed by atoms with Crippen LogP contribution in [0.2, 0.25) is 0 Å². The third kappa shape index (κ3) is 5.40. The molecule has 2 N–H and O–H groups in total. The van der Waals surface area contributed by atoms with Gasteiger partial charge >= 0.3 is 12.4 Å². The largest absolute Gasteiger partial charge is 0.416 e. The van der Waals surface area contributed by atoms with Crippen LogP contribution in [0.15, 0.2) is 48.8 Å². The Balaban J connectivity index is 1.77. The monoisotopic (exact) mass is 534 g/mol. The van der Waals surface area contributed by atoms with Gasteiger partial charge in [0.1, 0.15) is 23.8 Å². The molecule has 4 rings (SSSR count). The first-order valence-corrected chi connectivity index (χ1v) is 10.9. The number of ether oxygens (including phenoxy) is 2. The minimum Gasteiger partial charge on any atom is -0.393 e. The van der Waals surface area contributed by atoms with Crippen molar-refractivity contribution >= 4 is 5.95 Å². The summed E-state index contributed by atoms with van der Waals surface area (Å²) < 4.78 is 106. The number of halogens is 7. The predicted octanol–water partition coefficient (Wildman–Crippen LogP) is 4.81. The van der Waals surface area contributed by atoms with Crippen LogP contribution < -0.4 is 4.90 Å². The van der Waals surface area contributed by atoms with E-state index in [0.29, 0.717) is 17.7 Å². The molecule has 0 amide bonds. The zero-order valence-electron chi connectivity index (χ0n) is 19.1. The van der Waals surface area contributed by atoms with E-state index in [2.05, 4.69) is 15.2 Å². The van der Waals surface area contributed by atoms with Gasteiger partial charge in [-0.3, -0.25) is 0 Å². The molecule has 1 saturated heterocycles. The molecule has 0 saturated carbocycles. The molecule has 0 radical (unpaired) electrons. The van der Waals surface area contributed by atoms with Gasteiger partial charge < -0.3 is 19.5 Å². The number of morpholine rings is 1. The molecule has 37 heavy (non-hydrogen) atoms. The Morgan fingerprint density at radius 1 is 1.11 bits per heavy atom. The second-order valence-corrected chi connectivity index (χ2v) is 8.46. The minimum atomic E-state index is -5.08. The van der Waals surface area contributed by atoms with Gasteiger partial charge in [0, 0.05) is 6.54 Å². The number of hydrogen-bond acceptors (Lipinski definition) is 6.